The smallest absolute Gasteiger partial charge is 0.324 e. The molecule has 0 aromatic carbocycles. The van der Waals surface area contributed by atoms with Gasteiger partial charge >= 0.3 is 16.3 Å². The van der Waals surface area contributed by atoms with Crippen molar-refractivity contribution in [2.45, 2.75) is 20.0 Å². The van der Waals surface area contributed by atoms with Gasteiger partial charge in [-0.3, -0.25) is 4.79 Å². The zero-order valence-corrected chi connectivity index (χ0v) is 8.51. The van der Waals surface area contributed by atoms with Gasteiger partial charge in [0.25, 0.3) is 0 Å². The first-order valence-corrected chi connectivity index (χ1v) is 4.22. The lowest BCUT2D eigenvalue weighted by Crippen LogP contribution is -2.31. The molecule has 0 aliphatic heterocycles. The average molecular weight is 158 g/mol. The molecule has 0 aromatic heterocycles. The molecule has 0 heterocycles. The summed E-state index contributed by atoms with van der Waals surface area (Å²) in [5.74, 6) is -0.193. The predicted molar refractivity (Wildman–Crippen MR) is 39.6 cm³/mol. The number of carbonyl (C=O) groups excluding carboxylic acids is 2. The van der Waals surface area contributed by atoms with Crippen LogP contribution < -0.4 is 0 Å². The van der Waals surface area contributed by atoms with E-state index in [1.165, 1.54) is 6.92 Å². The first-order chi connectivity index (χ1) is 4.59. The molecule has 3 nitrogen and oxygen atoms in total. The Kier molecular flexibility index (Phi) is 4.54. The van der Waals surface area contributed by atoms with E-state index < -0.39 is 6.10 Å². The molecule has 0 aliphatic rings. The molecule has 0 spiro atoms. The number of hydrogen-bond acceptors (Lipinski definition) is 3. The molecule has 0 rings (SSSR count). The van der Waals surface area contributed by atoms with Gasteiger partial charge in [-0.1, -0.05) is 0 Å². The number of ether oxygens (including phenoxy) is 1. The van der Waals surface area contributed by atoms with E-state index in [9.17, 15) is 9.59 Å². The molecular formula is C6H11AlO3. The van der Waals surface area contributed by atoms with E-state index >= 15 is 0 Å². The van der Waals surface area contributed by atoms with Crippen LogP contribution in [0.15, 0.2) is 0 Å². The highest BCUT2D eigenvalue weighted by Gasteiger charge is 2.17. The van der Waals surface area contributed by atoms with Gasteiger partial charge in [-0.15, -0.1) is 0 Å². The monoisotopic (exact) mass is 158 g/mol. The third-order valence-electron chi connectivity index (χ3n) is 1.07. The Bertz CT molecular complexity index is 130. The summed E-state index contributed by atoms with van der Waals surface area (Å²) >= 11 is 0.379. The molecule has 0 saturated carbocycles. The fraction of sp³-hybridized carbons (Fsp3) is 0.667. The standard InChI is InChI=1S/C6H9O3.Al.2H/c1-3-9-6(4-7)5(2)8;;;/h6H,3H2,1-2H3;;;. The highest BCUT2D eigenvalue weighted by molar-refractivity contribution is 6.61. The van der Waals surface area contributed by atoms with E-state index in [0.717, 1.165) is 0 Å². The molecule has 1 atom stereocenters. The van der Waals surface area contributed by atoms with Gasteiger partial charge in [0.2, 0.25) is 0 Å². The van der Waals surface area contributed by atoms with E-state index in [4.69, 9.17) is 4.74 Å². The second-order valence-electron chi connectivity index (χ2n) is 2.06. The molecule has 0 radical (unpaired) electrons. The molecule has 4 heteroatoms. The second-order valence-corrected chi connectivity index (χ2v) is 3.04. The Morgan fingerprint density at radius 3 is 2.20 bits per heavy atom. The van der Waals surface area contributed by atoms with E-state index in [-0.39, 0.29) is 10.4 Å². The lowest BCUT2D eigenvalue weighted by atomic mass is 10.3. The second kappa shape index (κ2) is 4.62. The van der Waals surface area contributed by atoms with Crippen LogP contribution in [0.1, 0.15) is 13.8 Å². The van der Waals surface area contributed by atoms with Crippen molar-refractivity contribution in [3.8, 4) is 0 Å². The SMILES string of the molecule is CCOC(C(C)=O)[C](=O)[AlH2]. The van der Waals surface area contributed by atoms with E-state index in [1.807, 2.05) is 0 Å². The average Bonchev–Trinajstić information content (AvgIpc) is 1.81. The summed E-state index contributed by atoms with van der Waals surface area (Å²) in [4.78, 5) is 21.3. The molecule has 0 saturated heterocycles. The van der Waals surface area contributed by atoms with E-state index in [2.05, 4.69) is 0 Å². The number of ketones is 1. The molecular weight excluding hydrogens is 147 g/mol. The Balaban J connectivity index is 3.98. The van der Waals surface area contributed by atoms with Crippen LogP contribution in [0.4, 0.5) is 0 Å². The van der Waals surface area contributed by atoms with Crippen LogP contribution in [-0.2, 0) is 14.3 Å². The molecule has 0 amide bonds. The topological polar surface area (TPSA) is 43.4 Å². The molecule has 0 aliphatic carbocycles. The largest absolute Gasteiger partial charge is 0.365 e. The van der Waals surface area contributed by atoms with Crippen LogP contribution in [0.5, 0.6) is 0 Å². The lowest BCUT2D eigenvalue weighted by molar-refractivity contribution is -0.136. The molecule has 0 fully saturated rings. The Morgan fingerprint density at radius 2 is 2.10 bits per heavy atom. The maximum Gasteiger partial charge on any atom is 0.324 e. The third-order valence-corrected chi connectivity index (χ3v) is 1.60. The zero-order valence-electron chi connectivity index (χ0n) is 6.51. The van der Waals surface area contributed by atoms with Crippen LogP contribution in [0, 0.1) is 0 Å². The molecule has 56 valence electrons. The number of carbonyl (C=O) groups is 2. The third kappa shape index (κ3) is 3.12. The first kappa shape index (κ1) is 9.83. The Hall–Kier alpha value is -0.168. The summed E-state index contributed by atoms with van der Waals surface area (Å²) in [6.07, 6.45) is -0.781. The van der Waals surface area contributed by atoms with Gasteiger partial charge in [0, 0.05) is 6.61 Å². The minimum Gasteiger partial charge on any atom is -0.365 e. The van der Waals surface area contributed by atoms with Crippen molar-refractivity contribution < 1.29 is 14.3 Å². The Morgan fingerprint density at radius 1 is 1.60 bits per heavy atom. The fourth-order valence-corrected chi connectivity index (χ4v) is 1.26. The van der Waals surface area contributed by atoms with Crippen molar-refractivity contribution in [3.05, 3.63) is 0 Å². The van der Waals surface area contributed by atoms with Gasteiger partial charge in [0.1, 0.15) is 0 Å². The molecule has 0 bridgehead atoms. The van der Waals surface area contributed by atoms with Crippen LogP contribution >= 0.6 is 0 Å². The maximum atomic E-state index is 10.7. The maximum absolute atomic E-state index is 10.7. The minimum absolute atomic E-state index is 0.0886. The quantitative estimate of drug-likeness (QED) is 0.395. The van der Waals surface area contributed by atoms with Crippen LogP contribution in [0.3, 0.4) is 0 Å². The summed E-state index contributed by atoms with van der Waals surface area (Å²) in [6, 6.07) is 0. The number of hydrogen-bond donors (Lipinski definition) is 0. The number of rotatable bonds is 4. The summed E-state index contributed by atoms with van der Waals surface area (Å²) in [5.41, 5.74) is 0. The summed E-state index contributed by atoms with van der Waals surface area (Å²) < 4.78 is 4.81. The van der Waals surface area contributed by atoms with E-state index in [0.29, 0.717) is 22.9 Å². The molecule has 1 unspecified atom stereocenters. The van der Waals surface area contributed by atoms with E-state index in [1.54, 1.807) is 6.92 Å². The summed E-state index contributed by atoms with van der Waals surface area (Å²) in [6.45, 7) is 3.55. The normalized spacial score (nSPS) is 12.6. The van der Waals surface area contributed by atoms with Crippen molar-refractivity contribution >= 4 is 26.7 Å². The van der Waals surface area contributed by atoms with Crippen LogP contribution in [-0.4, -0.2) is 39.4 Å². The fourth-order valence-electron chi connectivity index (χ4n) is 0.688. The highest BCUT2D eigenvalue weighted by atomic mass is 27.0. The lowest BCUT2D eigenvalue weighted by Gasteiger charge is -2.09. The van der Waals surface area contributed by atoms with Crippen molar-refractivity contribution in [2.24, 2.45) is 0 Å². The molecule has 0 N–H and O–H groups in total. The van der Waals surface area contributed by atoms with Crippen LogP contribution in [0.25, 0.3) is 0 Å². The van der Waals surface area contributed by atoms with Gasteiger partial charge in [-0.05, 0) is 13.8 Å². The molecule has 10 heavy (non-hydrogen) atoms. The van der Waals surface area contributed by atoms with Crippen molar-refractivity contribution in [1.29, 1.82) is 0 Å². The van der Waals surface area contributed by atoms with Crippen molar-refractivity contribution in [1.82, 2.24) is 0 Å². The van der Waals surface area contributed by atoms with Crippen molar-refractivity contribution in [3.63, 3.8) is 0 Å². The minimum atomic E-state index is -0.781. The zero-order chi connectivity index (χ0) is 8.15. The first-order valence-electron chi connectivity index (χ1n) is 3.22. The number of Topliss-reactive ketones (excluding diaryl/α,β-unsaturated/α-hetero) is 1. The summed E-state index contributed by atoms with van der Waals surface area (Å²) in [7, 11) is 0. The van der Waals surface area contributed by atoms with Gasteiger partial charge in [-0.25, -0.2) is 0 Å². The molecule has 0 aromatic rings. The van der Waals surface area contributed by atoms with Gasteiger partial charge in [0.15, 0.2) is 11.9 Å². The van der Waals surface area contributed by atoms with Crippen LogP contribution in [0.2, 0.25) is 0 Å². The highest BCUT2D eigenvalue weighted by Crippen LogP contribution is 1.92. The summed E-state index contributed by atoms with van der Waals surface area (Å²) in [5, 5.41) is 0. The Labute approximate surface area is 68.2 Å². The van der Waals surface area contributed by atoms with Gasteiger partial charge < -0.3 is 9.53 Å². The van der Waals surface area contributed by atoms with Gasteiger partial charge in [-0.2, -0.15) is 0 Å². The predicted octanol–water partition coefficient (Wildman–Crippen LogP) is -0.860. The van der Waals surface area contributed by atoms with Crippen molar-refractivity contribution in [2.75, 3.05) is 6.61 Å². The van der Waals surface area contributed by atoms with Gasteiger partial charge in [0.05, 0.1) is 4.65 Å².